The number of benzene rings is 1. The molecule has 0 aromatic heterocycles. The van der Waals surface area contributed by atoms with Gasteiger partial charge in [0.15, 0.2) is 0 Å². The van der Waals surface area contributed by atoms with E-state index in [0.29, 0.717) is 24.2 Å². The van der Waals surface area contributed by atoms with Crippen molar-refractivity contribution in [2.24, 2.45) is 0 Å². The van der Waals surface area contributed by atoms with Gasteiger partial charge < -0.3 is 10.2 Å². The van der Waals surface area contributed by atoms with Gasteiger partial charge in [-0.3, -0.25) is 24.3 Å². The number of hydrogen-bond donors (Lipinski definition) is 1. The second-order valence-electron chi connectivity index (χ2n) is 7.21. The Labute approximate surface area is 158 Å². The molecule has 3 aliphatic heterocycles. The molecule has 0 saturated carbocycles. The van der Waals surface area contributed by atoms with Crippen LogP contribution in [0.5, 0.6) is 0 Å². The smallest absolute Gasteiger partial charge is 0.317 e. The minimum Gasteiger partial charge on any atom is -0.336 e. The molecule has 8 heteroatoms. The van der Waals surface area contributed by atoms with Gasteiger partial charge in [0.2, 0.25) is 0 Å². The number of nitrogens with zero attached hydrogens (tertiary/aromatic N) is 4. The molecule has 4 amide bonds. The van der Waals surface area contributed by atoms with Crippen LogP contribution >= 0.6 is 0 Å². The number of rotatable bonds is 6. The predicted molar refractivity (Wildman–Crippen MR) is 99.7 cm³/mol. The number of nitrogens with one attached hydrogen (secondary N) is 1. The van der Waals surface area contributed by atoms with Crippen molar-refractivity contribution in [3.63, 3.8) is 0 Å². The quantitative estimate of drug-likeness (QED) is 0.709. The fraction of sp³-hybridized carbons (Fsp3) is 0.526. The Bertz CT molecular complexity index is 710. The summed E-state index contributed by atoms with van der Waals surface area (Å²) < 4.78 is 0. The summed E-state index contributed by atoms with van der Waals surface area (Å²) >= 11 is 0. The fourth-order valence-electron chi connectivity index (χ4n) is 3.91. The normalized spacial score (nSPS) is 21.1. The van der Waals surface area contributed by atoms with Crippen molar-refractivity contribution in [2.45, 2.75) is 0 Å². The van der Waals surface area contributed by atoms with E-state index in [1.165, 1.54) is 4.90 Å². The molecule has 1 N–H and O–H groups in total. The standard InChI is InChI=1S/C19H25N5O3/c25-17-15-3-1-2-4-16(15)18(26)24(17)14-12-22-9-7-21(8-10-22)11-13-23-6-5-20-19(23)27/h1-4H,5-14H2,(H,20,27). The lowest BCUT2D eigenvalue weighted by Gasteiger charge is -2.35. The molecule has 0 unspecified atom stereocenters. The Kier molecular flexibility index (Phi) is 5.09. The molecule has 0 aliphatic carbocycles. The lowest BCUT2D eigenvalue weighted by atomic mass is 10.1. The summed E-state index contributed by atoms with van der Waals surface area (Å²) in [7, 11) is 0. The van der Waals surface area contributed by atoms with E-state index in [-0.39, 0.29) is 17.8 Å². The van der Waals surface area contributed by atoms with Gasteiger partial charge in [0.25, 0.3) is 11.8 Å². The second kappa shape index (κ2) is 7.66. The monoisotopic (exact) mass is 371 g/mol. The molecule has 0 radical (unpaired) electrons. The van der Waals surface area contributed by atoms with Crippen LogP contribution in [0.25, 0.3) is 0 Å². The van der Waals surface area contributed by atoms with Crippen LogP contribution in [-0.2, 0) is 0 Å². The van der Waals surface area contributed by atoms with Crippen molar-refractivity contribution in [3.8, 4) is 0 Å². The van der Waals surface area contributed by atoms with Gasteiger partial charge in [0.05, 0.1) is 11.1 Å². The molecule has 27 heavy (non-hydrogen) atoms. The minimum atomic E-state index is -0.182. The lowest BCUT2D eigenvalue weighted by Crippen LogP contribution is -2.50. The summed E-state index contributed by atoms with van der Waals surface area (Å²) in [6, 6.07) is 7.05. The molecular formula is C19H25N5O3. The first-order chi connectivity index (χ1) is 13.1. The van der Waals surface area contributed by atoms with Crippen molar-refractivity contribution >= 4 is 17.8 Å². The molecule has 3 heterocycles. The van der Waals surface area contributed by atoms with E-state index >= 15 is 0 Å². The number of urea groups is 1. The van der Waals surface area contributed by atoms with Gasteiger partial charge >= 0.3 is 6.03 Å². The number of fused-ring (bicyclic) bond motifs is 1. The molecular weight excluding hydrogens is 346 g/mol. The third-order valence-corrected chi connectivity index (χ3v) is 5.61. The third kappa shape index (κ3) is 3.68. The van der Waals surface area contributed by atoms with Crippen LogP contribution in [0.1, 0.15) is 20.7 Å². The molecule has 1 aromatic rings. The molecule has 4 rings (SSSR count). The van der Waals surface area contributed by atoms with E-state index in [2.05, 4.69) is 15.1 Å². The van der Waals surface area contributed by atoms with E-state index in [1.54, 1.807) is 24.3 Å². The molecule has 2 fully saturated rings. The maximum atomic E-state index is 12.4. The van der Waals surface area contributed by atoms with Gasteiger partial charge in [-0.05, 0) is 12.1 Å². The Morgan fingerprint density at radius 3 is 1.81 bits per heavy atom. The SMILES string of the molecule is O=C1NCCN1CCN1CCN(CCN2C(=O)c3ccccc3C2=O)CC1. The minimum absolute atomic E-state index is 0.0366. The number of amides is 4. The molecule has 3 aliphatic rings. The van der Waals surface area contributed by atoms with Crippen LogP contribution in [0.15, 0.2) is 24.3 Å². The summed E-state index contributed by atoms with van der Waals surface area (Å²) in [4.78, 5) is 44.3. The maximum Gasteiger partial charge on any atom is 0.317 e. The number of imide groups is 1. The first kappa shape index (κ1) is 17.9. The maximum absolute atomic E-state index is 12.4. The molecule has 0 spiro atoms. The molecule has 0 atom stereocenters. The molecule has 2 saturated heterocycles. The first-order valence-electron chi connectivity index (χ1n) is 9.56. The van der Waals surface area contributed by atoms with Gasteiger partial charge in [0.1, 0.15) is 0 Å². The van der Waals surface area contributed by atoms with E-state index in [1.807, 2.05) is 4.90 Å². The molecule has 144 valence electrons. The van der Waals surface area contributed by atoms with Gasteiger partial charge in [-0.25, -0.2) is 4.79 Å². The number of carbonyl (C=O) groups is 3. The highest BCUT2D eigenvalue weighted by Crippen LogP contribution is 2.22. The topological polar surface area (TPSA) is 76.2 Å². The largest absolute Gasteiger partial charge is 0.336 e. The summed E-state index contributed by atoms with van der Waals surface area (Å²) in [5, 5.41) is 2.82. The van der Waals surface area contributed by atoms with E-state index in [9.17, 15) is 14.4 Å². The summed E-state index contributed by atoms with van der Waals surface area (Å²) in [6.07, 6.45) is 0. The Morgan fingerprint density at radius 2 is 1.30 bits per heavy atom. The molecule has 0 bridgehead atoms. The lowest BCUT2D eigenvalue weighted by molar-refractivity contribution is 0.0612. The number of carbonyl (C=O) groups excluding carboxylic acids is 3. The van der Waals surface area contributed by atoms with Gasteiger partial charge in [-0.15, -0.1) is 0 Å². The highest BCUT2D eigenvalue weighted by molar-refractivity contribution is 6.21. The predicted octanol–water partition coefficient (Wildman–Crippen LogP) is -0.0746. The summed E-state index contributed by atoms with van der Waals surface area (Å²) in [5.41, 5.74) is 1.02. The van der Waals surface area contributed by atoms with Crippen molar-refractivity contribution in [1.82, 2.24) is 24.9 Å². The van der Waals surface area contributed by atoms with E-state index in [4.69, 9.17) is 0 Å². The average Bonchev–Trinajstić information content (AvgIpc) is 3.21. The Hall–Kier alpha value is -2.45. The van der Waals surface area contributed by atoms with Gasteiger partial charge in [0, 0.05) is 65.4 Å². The van der Waals surface area contributed by atoms with Crippen LogP contribution in [-0.4, -0.2) is 103 Å². The average molecular weight is 371 g/mol. The zero-order chi connectivity index (χ0) is 18.8. The second-order valence-corrected chi connectivity index (χ2v) is 7.21. The van der Waals surface area contributed by atoms with Crippen LogP contribution < -0.4 is 5.32 Å². The zero-order valence-corrected chi connectivity index (χ0v) is 15.4. The van der Waals surface area contributed by atoms with Gasteiger partial charge in [-0.1, -0.05) is 12.1 Å². The summed E-state index contributed by atoms with van der Waals surface area (Å²) in [5.74, 6) is -0.365. The highest BCUT2D eigenvalue weighted by atomic mass is 16.2. The van der Waals surface area contributed by atoms with Crippen molar-refractivity contribution in [3.05, 3.63) is 35.4 Å². The Morgan fingerprint density at radius 1 is 0.741 bits per heavy atom. The van der Waals surface area contributed by atoms with Gasteiger partial charge in [-0.2, -0.15) is 0 Å². The van der Waals surface area contributed by atoms with Crippen LogP contribution in [0.2, 0.25) is 0 Å². The van der Waals surface area contributed by atoms with Crippen molar-refractivity contribution in [2.75, 3.05) is 65.4 Å². The van der Waals surface area contributed by atoms with Crippen LogP contribution in [0.4, 0.5) is 4.79 Å². The fourth-order valence-corrected chi connectivity index (χ4v) is 3.91. The van der Waals surface area contributed by atoms with E-state index in [0.717, 1.165) is 52.4 Å². The number of hydrogen-bond acceptors (Lipinski definition) is 5. The van der Waals surface area contributed by atoms with Crippen LogP contribution in [0, 0.1) is 0 Å². The van der Waals surface area contributed by atoms with Crippen molar-refractivity contribution in [1.29, 1.82) is 0 Å². The van der Waals surface area contributed by atoms with E-state index < -0.39 is 0 Å². The number of piperazine rings is 1. The first-order valence-corrected chi connectivity index (χ1v) is 9.56. The van der Waals surface area contributed by atoms with Crippen molar-refractivity contribution < 1.29 is 14.4 Å². The Balaban J connectivity index is 1.21. The van der Waals surface area contributed by atoms with Crippen LogP contribution in [0.3, 0.4) is 0 Å². The molecule has 8 nitrogen and oxygen atoms in total. The summed E-state index contributed by atoms with van der Waals surface area (Å²) in [6.45, 7) is 8.03. The molecule has 1 aromatic carbocycles. The third-order valence-electron chi connectivity index (χ3n) is 5.61. The zero-order valence-electron chi connectivity index (χ0n) is 15.4. The highest BCUT2D eigenvalue weighted by Gasteiger charge is 2.35.